The standard InChI is InChI=1S/C20H21ClN4.C3H6/c1-5-6-13(3)17-11-23-25-19(15-8-7-12(2)9-18(15)21)16(10-22)14(4)24-20(17)25;1-3-2/h5-9,11H,3,10,22H2,1-2,4H3;3H,1H2,2H3/b6-5-;. The molecule has 28 heavy (non-hydrogen) atoms. The Morgan fingerprint density at radius 2 is 1.96 bits per heavy atom. The quantitative estimate of drug-likeness (QED) is 0.442. The Morgan fingerprint density at radius 1 is 1.29 bits per heavy atom. The maximum absolute atomic E-state index is 6.53. The molecule has 3 aromatic rings. The third-order valence-corrected chi connectivity index (χ3v) is 4.56. The lowest BCUT2D eigenvalue weighted by molar-refractivity contribution is 0.895. The van der Waals surface area contributed by atoms with E-state index in [1.165, 1.54) is 0 Å². The van der Waals surface area contributed by atoms with Crippen LogP contribution in [0.15, 0.2) is 55.8 Å². The number of hydrogen-bond acceptors (Lipinski definition) is 3. The largest absolute Gasteiger partial charge is 0.326 e. The topological polar surface area (TPSA) is 56.2 Å². The summed E-state index contributed by atoms with van der Waals surface area (Å²) in [5.41, 5.74) is 13.2. The molecule has 0 unspecified atom stereocenters. The highest BCUT2D eigenvalue weighted by Gasteiger charge is 2.19. The van der Waals surface area contributed by atoms with Crippen LogP contribution in [0.1, 0.15) is 36.2 Å². The van der Waals surface area contributed by atoms with Crippen molar-refractivity contribution in [2.45, 2.75) is 34.2 Å². The van der Waals surface area contributed by atoms with E-state index in [0.717, 1.165) is 44.9 Å². The molecule has 2 heterocycles. The highest BCUT2D eigenvalue weighted by molar-refractivity contribution is 6.33. The fourth-order valence-electron chi connectivity index (χ4n) is 2.99. The SMILES string of the molecule is C=C(/C=C\C)c1cnn2c(-c3ccc(C)cc3Cl)c(CN)c(C)nc12.C=CC. The van der Waals surface area contributed by atoms with Gasteiger partial charge in [0.15, 0.2) is 5.65 Å². The van der Waals surface area contributed by atoms with Crippen molar-refractivity contribution in [3.8, 4) is 11.3 Å². The van der Waals surface area contributed by atoms with Crippen LogP contribution in [-0.2, 0) is 6.54 Å². The van der Waals surface area contributed by atoms with Crippen molar-refractivity contribution < 1.29 is 0 Å². The number of allylic oxidation sites excluding steroid dienone is 4. The van der Waals surface area contributed by atoms with Gasteiger partial charge in [-0.3, -0.25) is 0 Å². The smallest absolute Gasteiger partial charge is 0.163 e. The van der Waals surface area contributed by atoms with Gasteiger partial charge in [-0.25, -0.2) is 9.50 Å². The molecule has 5 heteroatoms. The summed E-state index contributed by atoms with van der Waals surface area (Å²) in [6, 6.07) is 5.99. The summed E-state index contributed by atoms with van der Waals surface area (Å²) in [5.74, 6) is 0. The maximum atomic E-state index is 6.53. The molecule has 0 bridgehead atoms. The molecule has 0 fully saturated rings. The third-order valence-electron chi connectivity index (χ3n) is 4.25. The average Bonchev–Trinajstić information content (AvgIpc) is 3.05. The van der Waals surface area contributed by atoms with E-state index in [1.54, 1.807) is 12.3 Å². The van der Waals surface area contributed by atoms with Crippen LogP contribution in [0.2, 0.25) is 5.02 Å². The number of aryl methyl sites for hydroxylation is 2. The van der Waals surface area contributed by atoms with Crippen molar-refractivity contribution in [1.82, 2.24) is 14.6 Å². The van der Waals surface area contributed by atoms with Crippen molar-refractivity contribution in [2.75, 3.05) is 0 Å². The van der Waals surface area contributed by atoms with Crippen LogP contribution >= 0.6 is 11.6 Å². The third kappa shape index (κ3) is 4.24. The van der Waals surface area contributed by atoms with Crippen molar-refractivity contribution in [2.24, 2.45) is 5.73 Å². The second-order valence-electron chi connectivity index (χ2n) is 6.44. The van der Waals surface area contributed by atoms with Gasteiger partial charge in [0, 0.05) is 28.9 Å². The zero-order valence-electron chi connectivity index (χ0n) is 17.0. The Morgan fingerprint density at radius 3 is 2.54 bits per heavy atom. The number of hydrogen-bond donors (Lipinski definition) is 1. The van der Waals surface area contributed by atoms with E-state index in [2.05, 4.69) is 18.3 Å². The molecule has 0 radical (unpaired) electrons. The molecule has 146 valence electrons. The fraction of sp³-hybridized carbons (Fsp3) is 0.217. The second kappa shape index (κ2) is 9.49. The van der Waals surface area contributed by atoms with Gasteiger partial charge in [0.05, 0.1) is 16.9 Å². The van der Waals surface area contributed by atoms with E-state index in [9.17, 15) is 0 Å². The van der Waals surface area contributed by atoms with E-state index in [-0.39, 0.29) is 0 Å². The zero-order valence-corrected chi connectivity index (χ0v) is 17.7. The summed E-state index contributed by atoms with van der Waals surface area (Å²) in [4.78, 5) is 4.73. The second-order valence-corrected chi connectivity index (χ2v) is 6.85. The predicted octanol–water partition coefficient (Wildman–Crippen LogP) is 5.91. The summed E-state index contributed by atoms with van der Waals surface area (Å²) in [5, 5.41) is 5.23. The molecule has 4 nitrogen and oxygen atoms in total. The number of fused-ring (bicyclic) bond motifs is 1. The lowest BCUT2D eigenvalue weighted by Gasteiger charge is -2.15. The summed E-state index contributed by atoms with van der Waals surface area (Å²) in [6.07, 6.45) is 7.43. The minimum Gasteiger partial charge on any atom is -0.326 e. The number of aromatic nitrogens is 3. The molecule has 2 N–H and O–H groups in total. The van der Waals surface area contributed by atoms with Crippen molar-refractivity contribution in [1.29, 1.82) is 0 Å². The van der Waals surface area contributed by atoms with Crippen LogP contribution in [0.4, 0.5) is 0 Å². The van der Waals surface area contributed by atoms with Crippen LogP contribution in [0.25, 0.3) is 22.5 Å². The van der Waals surface area contributed by atoms with E-state index in [1.807, 2.05) is 62.6 Å². The number of nitrogens with two attached hydrogens (primary N) is 1. The van der Waals surface area contributed by atoms with Crippen LogP contribution in [-0.4, -0.2) is 14.6 Å². The molecule has 0 amide bonds. The normalized spacial score (nSPS) is 10.8. The van der Waals surface area contributed by atoms with Gasteiger partial charge in [-0.1, -0.05) is 48.5 Å². The molecule has 0 aliphatic carbocycles. The Hall–Kier alpha value is -2.69. The first-order valence-electron chi connectivity index (χ1n) is 9.12. The number of benzene rings is 1. The van der Waals surface area contributed by atoms with Gasteiger partial charge in [0.25, 0.3) is 0 Å². The molecule has 1 aromatic carbocycles. The first kappa shape index (κ1) is 21.6. The Kier molecular flexibility index (Phi) is 7.32. The van der Waals surface area contributed by atoms with Gasteiger partial charge in [-0.15, -0.1) is 6.58 Å². The van der Waals surface area contributed by atoms with E-state index >= 15 is 0 Å². The van der Waals surface area contributed by atoms with Gasteiger partial charge in [0.2, 0.25) is 0 Å². The monoisotopic (exact) mass is 394 g/mol. The van der Waals surface area contributed by atoms with Gasteiger partial charge < -0.3 is 5.73 Å². The van der Waals surface area contributed by atoms with Crippen molar-refractivity contribution in [3.05, 3.63) is 83.2 Å². The highest BCUT2D eigenvalue weighted by Crippen LogP contribution is 2.34. The molecule has 0 atom stereocenters. The summed E-state index contributed by atoms with van der Waals surface area (Å²) >= 11 is 6.53. The van der Waals surface area contributed by atoms with Crippen molar-refractivity contribution >= 4 is 22.8 Å². The Labute approximate surface area is 172 Å². The molecule has 2 aromatic heterocycles. The minimum absolute atomic E-state index is 0.360. The lowest BCUT2D eigenvalue weighted by atomic mass is 10.0. The zero-order chi connectivity index (χ0) is 20.8. The average molecular weight is 395 g/mol. The van der Waals surface area contributed by atoms with Crippen LogP contribution in [0, 0.1) is 13.8 Å². The molecule has 3 rings (SSSR count). The molecule has 0 saturated heterocycles. The summed E-state index contributed by atoms with van der Waals surface area (Å²) < 4.78 is 1.82. The molecule has 0 aliphatic rings. The highest BCUT2D eigenvalue weighted by atomic mass is 35.5. The number of rotatable bonds is 4. The van der Waals surface area contributed by atoms with E-state index < -0.39 is 0 Å². The van der Waals surface area contributed by atoms with Crippen LogP contribution in [0.3, 0.4) is 0 Å². The molecule has 0 aliphatic heterocycles. The van der Waals surface area contributed by atoms with Crippen LogP contribution < -0.4 is 5.73 Å². The molecule has 0 saturated carbocycles. The Balaban J connectivity index is 0.000000878. The maximum Gasteiger partial charge on any atom is 0.163 e. The predicted molar refractivity (Wildman–Crippen MR) is 121 cm³/mol. The first-order chi connectivity index (χ1) is 13.4. The van der Waals surface area contributed by atoms with Gasteiger partial charge in [-0.05, 0) is 44.9 Å². The van der Waals surface area contributed by atoms with Gasteiger partial charge in [-0.2, -0.15) is 5.10 Å². The van der Waals surface area contributed by atoms with Crippen molar-refractivity contribution in [3.63, 3.8) is 0 Å². The molecule has 0 spiro atoms. The summed E-state index contributed by atoms with van der Waals surface area (Å²) in [7, 11) is 0. The molecular weight excluding hydrogens is 368 g/mol. The first-order valence-corrected chi connectivity index (χ1v) is 9.50. The number of halogens is 1. The van der Waals surface area contributed by atoms with Gasteiger partial charge >= 0.3 is 0 Å². The van der Waals surface area contributed by atoms with Crippen LogP contribution in [0.5, 0.6) is 0 Å². The van der Waals surface area contributed by atoms with E-state index in [0.29, 0.717) is 11.6 Å². The Bertz CT molecular complexity index is 1040. The summed E-state index contributed by atoms with van der Waals surface area (Å²) in [6.45, 7) is 15.7. The van der Waals surface area contributed by atoms with E-state index in [4.69, 9.17) is 22.3 Å². The lowest BCUT2D eigenvalue weighted by Crippen LogP contribution is -2.10. The molecular formula is C23H27ClN4. The number of nitrogens with zero attached hydrogens (tertiary/aromatic N) is 3. The fourth-order valence-corrected chi connectivity index (χ4v) is 3.31. The van der Waals surface area contributed by atoms with Gasteiger partial charge in [0.1, 0.15) is 0 Å². The minimum atomic E-state index is 0.360.